The fourth-order valence-electron chi connectivity index (χ4n) is 3.81. The zero-order chi connectivity index (χ0) is 22.6. The average molecular weight is 427 g/mol. The molecular formula is C24H34N4O3. The topological polar surface area (TPSA) is 76.5 Å². The predicted octanol–water partition coefficient (Wildman–Crippen LogP) is 4.44. The molecular weight excluding hydrogens is 392 g/mol. The molecule has 1 saturated heterocycles. The second kappa shape index (κ2) is 9.54. The lowest BCUT2D eigenvalue weighted by atomic mass is 9.91. The van der Waals surface area contributed by atoms with Crippen molar-refractivity contribution in [3.05, 3.63) is 47.3 Å². The summed E-state index contributed by atoms with van der Waals surface area (Å²) in [5.74, 6) is 0.0367. The quantitative estimate of drug-likeness (QED) is 0.767. The first kappa shape index (κ1) is 22.8. The van der Waals surface area contributed by atoms with Crippen LogP contribution in [0.15, 0.2) is 30.5 Å². The molecule has 3 rings (SSSR count). The van der Waals surface area contributed by atoms with Crippen LogP contribution in [0, 0.1) is 6.92 Å². The molecule has 0 aliphatic carbocycles. The number of rotatable bonds is 5. The molecule has 0 bridgehead atoms. The minimum absolute atomic E-state index is 0.0928. The van der Waals surface area contributed by atoms with E-state index in [0.717, 1.165) is 30.6 Å². The average Bonchev–Trinajstić information content (AvgIpc) is 3.16. The molecule has 1 aromatic carbocycles. The largest absolute Gasteiger partial charge is 0.444 e. The normalized spacial score (nSPS) is 15.1. The summed E-state index contributed by atoms with van der Waals surface area (Å²) in [5.41, 5.74) is 3.13. The molecule has 0 spiro atoms. The van der Waals surface area contributed by atoms with Gasteiger partial charge in [-0.2, -0.15) is 5.10 Å². The van der Waals surface area contributed by atoms with E-state index < -0.39 is 5.60 Å². The number of hydrogen-bond acceptors (Lipinski definition) is 4. The fourth-order valence-corrected chi connectivity index (χ4v) is 3.81. The van der Waals surface area contributed by atoms with Crippen LogP contribution in [0.4, 0.5) is 4.79 Å². The summed E-state index contributed by atoms with van der Waals surface area (Å²) in [4.78, 5) is 27.0. The van der Waals surface area contributed by atoms with E-state index in [4.69, 9.17) is 4.74 Å². The Morgan fingerprint density at radius 2 is 1.81 bits per heavy atom. The molecule has 0 saturated carbocycles. The molecule has 1 aliphatic heterocycles. The molecule has 0 radical (unpaired) electrons. The third-order valence-corrected chi connectivity index (χ3v) is 5.40. The van der Waals surface area contributed by atoms with Gasteiger partial charge < -0.3 is 15.0 Å². The van der Waals surface area contributed by atoms with Crippen LogP contribution in [-0.2, 0) is 4.74 Å². The highest BCUT2D eigenvalue weighted by Gasteiger charge is 2.32. The second-order valence-corrected chi connectivity index (χ2v) is 9.19. The van der Waals surface area contributed by atoms with Gasteiger partial charge in [-0.25, -0.2) is 9.48 Å². The summed E-state index contributed by atoms with van der Waals surface area (Å²) in [5, 5.41) is 7.55. The second-order valence-electron chi connectivity index (χ2n) is 9.19. The smallest absolute Gasteiger partial charge is 0.410 e. The SMILES string of the molecule is CCCNC(=O)c1cnn(-c2ccc(C)cc2)c1C1CCN(C(=O)OC(C)(C)C)CC1. The number of nitrogens with one attached hydrogen (secondary N) is 1. The van der Waals surface area contributed by atoms with Gasteiger partial charge >= 0.3 is 6.09 Å². The van der Waals surface area contributed by atoms with Gasteiger partial charge in [-0.15, -0.1) is 0 Å². The van der Waals surface area contributed by atoms with Gasteiger partial charge in [0.15, 0.2) is 0 Å². The zero-order valence-corrected chi connectivity index (χ0v) is 19.3. The van der Waals surface area contributed by atoms with Crippen molar-refractivity contribution in [1.29, 1.82) is 0 Å². The van der Waals surface area contributed by atoms with Crippen LogP contribution in [-0.4, -0.2) is 51.9 Å². The molecule has 2 heterocycles. The minimum atomic E-state index is -0.511. The Kier molecular flexibility index (Phi) is 7.03. The molecule has 1 fully saturated rings. The molecule has 2 aromatic rings. The van der Waals surface area contributed by atoms with Gasteiger partial charge in [0.1, 0.15) is 5.60 Å². The molecule has 1 N–H and O–H groups in total. The van der Waals surface area contributed by atoms with E-state index in [1.807, 2.05) is 63.6 Å². The monoisotopic (exact) mass is 426 g/mol. The highest BCUT2D eigenvalue weighted by molar-refractivity contribution is 5.95. The van der Waals surface area contributed by atoms with Crippen molar-refractivity contribution in [1.82, 2.24) is 20.0 Å². The van der Waals surface area contributed by atoms with E-state index in [1.165, 1.54) is 5.56 Å². The van der Waals surface area contributed by atoms with Crippen molar-refractivity contribution in [3.8, 4) is 5.69 Å². The first-order valence-corrected chi connectivity index (χ1v) is 11.1. The number of likely N-dealkylation sites (tertiary alicyclic amines) is 1. The molecule has 1 aromatic heterocycles. The number of carbonyl (C=O) groups is 2. The van der Waals surface area contributed by atoms with Crippen LogP contribution in [0.5, 0.6) is 0 Å². The Balaban J connectivity index is 1.85. The van der Waals surface area contributed by atoms with Crippen LogP contribution in [0.3, 0.4) is 0 Å². The number of aromatic nitrogens is 2. The summed E-state index contributed by atoms with van der Waals surface area (Å²) in [6.07, 6.45) is 3.77. The molecule has 7 heteroatoms. The molecule has 7 nitrogen and oxygen atoms in total. The fraction of sp³-hybridized carbons (Fsp3) is 0.542. The zero-order valence-electron chi connectivity index (χ0n) is 19.3. The van der Waals surface area contributed by atoms with Crippen LogP contribution in [0.2, 0.25) is 0 Å². The number of amides is 2. The van der Waals surface area contributed by atoms with Gasteiger partial charge in [-0.05, 0) is 59.1 Å². The van der Waals surface area contributed by atoms with Crippen molar-refractivity contribution >= 4 is 12.0 Å². The highest BCUT2D eigenvalue weighted by Crippen LogP contribution is 2.32. The van der Waals surface area contributed by atoms with Crippen LogP contribution < -0.4 is 5.32 Å². The maximum Gasteiger partial charge on any atom is 0.410 e. The van der Waals surface area contributed by atoms with Crippen molar-refractivity contribution in [2.45, 2.75) is 65.4 Å². The van der Waals surface area contributed by atoms with E-state index in [-0.39, 0.29) is 17.9 Å². The summed E-state index contributed by atoms with van der Waals surface area (Å²) in [6.45, 7) is 11.5. The van der Waals surface area contributed by atoms with Crippen molar-refractivity contribution < 1.29 is 14.3 Å². The maximum absolute atomic E-state index is 12.8. The van der Waals surface area contributed by atoms with E-state index in [1.54, 1.807) is 11.1 Å². The number of ether oxygens (including phenoxy) is 1. The molecule has 31 heavy (non-hydrogen) atoms. The van der Waals surface area contributed by atoms with Gasteiger partial charge in [0.25, 0.3) is 5.91 Å². The highest BCUT2D eigenvalue weighted by atomic mass is 16.6. The van der Waals surface area contributed by atoms with E-state index in [9.17, 15) is 9.59 Å². The van der Waals surface area contributed by atoms with Crippen molar-refractivity contribution in [2.24, 2.45) is 0 Å². The first-order valence-electron chi connectivity index (χ1n) is 11.1. The van der Waals surface area contributed by atoms with Gasteiger partial charge in [0.05, 0.1) is 23.1 Å². The van der Waals surface area contributed by atoms with Crippen LogP contribution >= 0.6 is 0 Å². The standard InChI is InChI=1S/C24H34N4O3/c1-6-13-25-22(29)20-16-26-28(19-9-7-17(2)8-10-19)21(20)18-11-14-27(15-12-18)23(30)31-24(3,4)5/h7-10,16,18H,6,11-15H2,1-5H3,(H,25,29). The maximum atomic E-state index is 12.8. The first-order chi connectivity index (χ1) is 14.7. The predicted molar refractivity (Wildman–Crippen MR) is 121 cm³/mol. The van der Waals surface area contributed by atoms with Gasteiger partial charge in [0.2, 0.25) is 0 Å². The lowest BCUT2D eigenvalue weighted by molar-refractivity contribution is 0.0203. The van der Waals surface area contributed by atoms with Crippen LogP contribution in [0.25, 0.3) is 5.69 Å². The summed E-state index contributed by atoms with van der Waals surface area (Å²) >= 11 is 0. The molecule has 0 unspecified atom stereocenters. The third-order valence-electron chi connectivity index (χ3n) is 5.40. The van der Waals surface area contributed by atoms with Gasteiger partial charge in [-0.1, -0.05) is 24.6 Å². The number of aryl methyl sites for hydroxylation is 1. The molecule has 1 aliphatic rings. The number of nitrogens with zero attached hydrogens (tertiary/aromatic N) is 3. The van der Waals surface area contributed by atoms with E-state index in [2.05, 4.69) is 10.4 Å². The number of piperidine rings is 1. The van der Waals surface area contributed by atoms with Gasteiger partial charge in [0, 0.05) is 25.6 Å². The lowest BCUT2D eigenvalue weighted by Gasteiger charge is -2.34. The lowest BCUT2D eigenvalue weighted by Crippen LogP contribution is -2.41. The third kappa shape index (κ3) is 5.66. The number of hydrogen-bond donors (Lipinski definition) is 1. The Bertz CT molecular complexity index is 904. The Hall–Kier alpha value is -2.83. The summed E-state index contributed by atoms with van der Waals surface area (Å²) in [7, 11) is 0. The molecule has 0 atom stereocenters. The Labute approximate surface area is 184 Å². The van der Waals surface area contributed by atoms with Crippen LogP contribution in [0.1, 0.15) is 74.5 Å². The number of benzene rings is 1. The van der Waals surface area contributed by atoms with Crippen molar-refractivity contribution in [2.75, 3.05) is 19.6 Å². The molecule has 168 valence electrons. The van der Waals surface area contributed by atoms with Crippen molar-refractivity contribution in [3.63, 3.8) is 0 Å². The van der Waals surface area contributed by atoms with E-state index >= 15 is 0 Å². The van der Waals surface area contributed by atoms with E-state index in [0.29, 0.717) is 25.2 Å². The Morgan fingerprint density at radius 1 is 1.16 bits per heavy atom. The summed E-state index contributed by atoms with van der Waals surface area (Å²) < 4.78 is 7.40. The summed E-state index contributed by atoms with van der Waals surface area (Å²) in [6, 6.07) is 8.14. The van der Waals surface area contributed by atoms with Gasteiger partial charge in [-0.3, -0.25) is 4.79 Å². The molecule has 2 amide bonds. The number of carbonyl (C=O) groups excluding carboxylic acids is 2. The minimum Gasteiger partial charge on any atom is -0.444 e. The Morgan fingerprint density at radius 3 is 2.39 bits per heavy atom.